The van der Waals surface area contributed by atoms with Gasteiger partial charge in [-0.1, -0.05) is 0 Å². The number of nitriles is 6. The molecule has 0 aliphatic heterocycles. The second kappa shape index (κ2) is 1.30. The van der Waals surface area contributed by atoms with Crippen molar-refractivity contribution in [2.45, 2.75) is 0 Å². The van der Waals surface area contributed by atoms with Crippen LogP contribution >= 0.6 is 0 Å². The van der Waals surface area contributed by atoms with E-state index in [1.807, 2.05) is 0 Å². The fraction of sp³-hybridized carbons (Fsp3) is 0. The summed E-state index contributed by atoms with van der Waals surface area (Å²) in [4.78, 5) is 0. The zero-order valence-electron chi connectivity index (χ0n) is 8.08. The van der Waals surface area contributed by atoms with Gasteiger partial charge in [0.05, 0.1) is 0 Å². The Labute approximate surface area is 90.4 Å². The van der Waals surface area contributed by atoms with Crippen molar-refractivity contribution >= 4 is 0 Å². The molecule has 0 fully saturated rings. The Bertz CT molecular complexity index is 1070. The fourth-order valence-electron chi connectivity index (χ4n) is 0.484. The Morgan fingerprint density at radius 1 is 0.611 bits per heavy atom. The zero-order valence-corrected chi connectivity index (χ0v) is 9.82. The first-order valence-electron chi connectivity index (χ1n) is 3.18. The van der Waals surface area contributed by atoms with E-state index >= 15 is 0 Å². The summed E-state index contributed by atoms with van der Waals surface area (Å²) >= 11 is 0. The molecular formula is C6N6O5Ru. The van der Waals surface area contributed by atoms with E-state index in [0.717, 1.165) is 0 Å². The van der Waals surface area contributed by atoms with Crippen LogP contribution in [0.1, 0.15) is 0 Å². The first-order chi connectivity index (χ1) is 7.66. The fourth-order valence-corrected chi connectivity index (χ4v) is 2.87. The van der Waals surface area contributed by atoms with Crippen LogP contribution in [-0.2, 0) is 27.3 Å². The maximum absolute atomic E-state index is 12.4. The van der Waals surface area contributed by atoms with Gasteiger partial charge in [0.2, 0.25) is 0 Å². The molecule has 11 nitrogen and oxygen atoms in total. The van der Waals surface area contributed by atoms with Gasteiger partial charge in [0.1, 0.15) is 0 Å². The quantitative estimate of drug-likeness (QED) is 0.466. The Kier molecular flexibility index (Phi) is 1.05. The summed E-state index contributed by atoms with van der Waals surface area (Å²) in [6.07, 6.45) is 0.122. The second-order valence-corrected chi connectivity index (χ2v) is 18.1. The first kappa shape index (κ1) is 14.6. The molecular weight excluding hydrogens is 337 g/mol. The molecule has 0 N–H and O–H groups in total. The summed E-state index contributed by atoms with van der Waals surface area (Å²) in [5.74, 6) is 0. The Hall–Kier alpha value is -3.44. The van der Waals surface area contributed by atoms with E-state index in [9.17, 15) is 10.7 Å². The molecule has 0 bridgehead atoms. The summed E-state index contributed by atoms with van der Waals surface area (Å²) in [6.45, 7) is 0. The molecule has 0 rings (SSSR count). The van der Waals surface area contributed by atoms with E-state index in [4.69, 9.17) is 31.6 Å². The summed E-state index contributed by atoms with van der Waals surface area (Å²) in [6, 6.07) is 0. The van der Waals surface area contributed by atoms with Crippen LogP contribution in [0.4, 0.5) is 0 Å². The molecule has 0 aromatic carbocycles. The third kappa shape index (κ3) is 0.775. The number of hydrogen-bond donors (Lipinski definition) is 0. The standard InChI is InChI=1S/2CHNO.4CN.3O.Ru/c2*2-1-3;4*1-2;;;;/h2*3H;;;;;;;;/q;;;;;;;;;+2/p-2. The molecule has 0 saturated heterocycles. The number of rotatable bonds is 2. The topological polar surface area (TPSA) is 212 Å². The van der Waals surface area contributed by atoms with Crippen molar-refractivity contribution in [3.63, 3.8) is 0 Å². The van der Waals surface area contributed by atoms with Crippen LogP contribution in [0.3, 0.4) is 0 Å². The van der Waals surface area contributed by atoms with E-state index in [-0.39, 0.29) is 12.5 Å². The van der Waals surface area contributed by atoms with Crippen LogP contribution in [0, 0.1) is 62.7 Å². The minimum atomic E-state index is -12.4. The minimum absolute atomic E-state index is 0.0612. The van der Waals surface area contributed by atoms with Gasteiger partial charge in [0.25, 0.3) is 0 Å². The van der Waals surface area contributed by atoms with Gasteiger partial charge in [-0.25, -0.2) is 0 Å². The predicted molar refractivity (Wildman–Crippen MR) is 37.9 cm³/mol. The van der Waals surface area contributed by atoms with Gasteiger partial charge in [-0.05, 0) is 0 Å². The van der Waals surface area contributed by atoms with Crippen LogP contribution in [0.25, 0.3) is 0 Å². The molecule has 18 heavy (non-hydrogen) atoms. The third-order valence-corrected chi connectivity index (χ3v) is 10.1. The normalized spacial score (nSPS) is 20.9. The van der Waals surface area contributed by atoms with Crippen molar-refractivity contribution in [2.24, 2.45) is 0 Å². The van der Waals surface area contributed by atoms with Crippen molar-refractivity contribution in [3.05, 3.63) is 0 Å². The first-order valence-corrected chi connectivity index (χ1v) is 10.2. The van der Waals surface area contributed by atoms with E-state index in [1.54, 1.807) is 0 Å². The van der Waals surface area contributed by atoms with E-state index in [1.165, 1.54) is 0 Å². The average Bonchev–Trinajstić information content (AvgIpc) is 2.34. The van der Waals surface area contributed by atoms with Gasteiger partial charge < -0.3 is 0 Å². The molecule has 0 heterocycles. The van der Waals surface area contributed by atoms with Gasteiger partial charge in [-0.15, -0.1) is 0 Å². The van der Waals surface area contributed by atoms with Crippen molar-refractivity contribution in [2.75, 3.05) is 0 Å². The molecule has 0 aliphatic carbocycles. The Morgan fingerprint density at radius 3 is 0.944 bits per heavy atom. The molecule has 12 heteroatoms. The van der Waals surface area contributed by atoms with Crippen LogP contribution in [0.15, 0.2) is 0 Å². The van der Waals surface area contributed by atoms with Crippen LogP contribution in [0.2, 0.25) is 0 Å². The number of nitrogens with zero attached hydrogens (tertiary/aromatic N) is 6. The molecule has 0 aromatic heterocycles. The molecule has 0 aliphatic rings. The molecule has 0 unspecified atom stereocenters. The van der Waals surface area contributed by atoms with Crippen molar-refractivity contribution in [1.29, 1.82) is 31.6 Å². The van der Waals surface area contributed by atoms with Crippen molar-refractivity contribution in [3.8, 4) is 31.2 Å². The summed E-state index contributed by atoms with van der Waals surface area (Å²) < 4.78 is 41.0. The van der Waals surface area contributed by atoms with Crippen LogP contribution < -0.4 is 0 Å². The van der Waals surface area contributed by atoms with Crippen LogP contribution in [0.5, 0.6) is 0 Å². The van der Waals surface area contributed by atoms with Gasteiger partial charge in [0, 0.05) is 0 Å². The molecule has 0 atom stereocenters. The third-order valence-electron chi connectivity index (χ3n) is 1.71. The summed E-state index contributed by atoms with van der Waals surface area (Å²) in [5.41, 5.74) is 0. The van der Waals surface area contributed by atoms with Gasteiger partial charge in [-0.2, -0.15) is 0 Å². The number of hydrogen-bond acceptors (Lipinski definition) is 11. The molecule has 0 aromatic rings. The van der Waals surface area contributed by atoms with Gasteiger partial charge in [0.15, 0.2) is 0 Å². The monoisotopic (exact) mass is 338 g/mol. The van der Waals surface area contributed by atoms with Crippen LogP contribution in [-0.4, -0.2) is 0 Å². The predicted octanol–water partition coefficient (Wildman–Crippen LogP) is -0.395. The van der Waals surface area contributed by atoms with Gasteiger partial charge in [-0.3, -0.25) is 0 Å². The SMILES string of the molecule is N#C[O][Ru](=[O])(=[O])(=[O])([C]#N)([C]#N)([C]#N)([C]#N)[O]C#N. The maximum atomic E-state index is 12.4. The van der Waals surface area contributed by atoms with E-state index in [0.29, 0.717) is 0 Å². The van der Waals surface area contributed by atoms with E-state index in [2.05, 4.69) is 7.13 Å². The summed E-state index contributed by atoms with van der Waals surface area (Å²) in [5, 5.41) is 50.6. The molecule has 0 amide bonds. The molecule has 0 spiro atoms. The molecule has 92 valence electrons. The van der Waals surface area contributed by atoms with Crippen molar-refractivity contribution in [1.82, 2.24) is 0 Å². The Morgan fingerprint density at radius 2 is 0.833 bits per heavy atom. The molecule has 0 saturated carbocycles. The van der Waals surface area contributed by atoms with Crippen molar-refractivity contribution < 1.29 is 27.3 Å². The second-order valence-electron chi connectivity index (χ2n) is 3.21. The van der Waals surface area contributed by atoms with E-state index < -0.39 is 28.1 Å². The summed E-state index contributed by atoms with van der Waals surface area (Å²) in [7, 11) is -12.4. The average molecular weight is 337 g/mol. The zero-order chi connectivity index (χ0) is 15.0. The Balaban J connectivity index is 9.07. The van der Waals surface area contributed by atoms with Gasteiger partial charge >= 0.3 is 90.1 Å². The molecule has 0 radical (unpaired) electrons.